The molecule has 0 amide bonds. The van der Waals surface area contributed by atoms with E-state index in [9.17, 15) is 0 Å². The molecule has 1 rings (SSSR count). The summed E-state index contributed by atoms with van der Waals surface area (Å²) in [5.74, 6) is 0.626. The van der Waals surface area contributed by atoms with Crippen LogP contribution in [-0.2, 0) is 0 Å². The van der Waals surface area contributed by atoms with E-state index in [0.717, 1.165) is 13.0 Å². The smallest absolute Gasteiger partial charge is 0.323 e. The Morgan fingerprint density at radius 1 is 1.24 bits per heavy atom. The van der Waals surface area contributed by atoms with Crippen LogP contribution >= 0.6 is 0 Å². The van der Waals surface area contributed by atoms with Crippen molar-refractivity contribution >= 4 is 11.9 Å². The topological polar surface area (TPSA) is 86.0 Å². The van der Waals surface area contributed by atoms with E-state index in [1.165, 1.54) is 0 Å². The molecule has 1 heterocycles. The molecule has 0 fully saturated rings. The summed E-state index contributed by atoms with van der Waals surface area (Å²) in [6, 6.07) is 0.274. The summed E-state index contributed by atoms with van der Waals surface area (Å²) in [5, 5.41) is 3.12. The normalized spacial score (nSPS) is 11.3. The zero-order valence-corrected chi connectivity index (χ0v) is 10.9. The Kier molecular flexibility index (Phi) is 4.48. The van der Waals surface area contributed by atoms with E-state index in [1.807, 2.05) is 6.92 Å². The van der Waals surface area contributed by atoms with Crippen LogP contribution in [0.4, 0.5) is 11.9 Å². The van der Waals surface area contributed by atoms with Crippen LogP contribution in [0.2, 0.25) is 0 Å². The van der Waals surface area contributed by atoms with E-state index in [0.29, 0.717) is 12.6 Å². The monoisotopic (exact) mass is 239 g/mol. The second-order valence-electron chi connectivity index (χ2n) is 5.06. The second-order valence-corrected chi connectivity index (χ2v) is 5.06. The third-order valence-corrected chi connectivity index (χ3v) is 1.84. The molecule has 0 aliphatic rings. The number of rotatable bonds is 5. The Balaban J connectivity index is 2.68. The summed E-state index contributed by atoms with van der Waals surface area (Å²) >= 11 is 0. The van der Waals surface area contributed by atoms with Gasteiger partial charge in [-0.3, -0.25) is 0 Å². The Morgan fingerprint density at radius 3 is 2.53 bits per heavy atom. The van der Waals surface area contributed by atoms with Crippen LogP contribution in [0, 0.1) is 5.41 Å². The number of nitrogens with two attached hydrogens (primary N) is 1. The molecule has 0 saturated carbocycles. The minimum absolute atomic E-state index is 0.145. The van der Waals surface area contributed by atoms with E-state index >= 15 is 0 Å². The lowest BCUT2D eigenvalue weighted by molar-refractivity contribution is 0.292. The van der Waals surface area contributed by atoms with Gasteiger partial charge in [-0.15, -0.1) is 0 Å². The lowest BCUT2D eigenvalue weighted by Gasteiger charge is -2.18. The van der Waals surface area contributed by atoms with Crippen molar-refractivity contribution in [3.8, 4) is 6.01 Å². The van der Waals surface area contributed by atoms with Crippen molar-refractivity contribution in [1.82, 2.24) is 15.0 Å². The molecule has 0 aliphatic heterocycles. The van der Waals surface area contributed by atoms with Crippen molar-refractivity contribution in [2.45, 2.75) is 34.1 Å². The van der Waals surface area contributed by atoms with Gasteiger partial charge >= 0.3 is 6.01 Å². The fourth-order valence-corrected chi connectivity index (χ4v) is 1.05. The van der Waals surface area contributed by atoms with E-state index in [2.05, 4.69) is 41.0 Å². The van der Waals surface area contributed by atoms with Crippen LogP contribution in [0.1, 0.15) is 34.1 Å². The SMILES string of the molecule is CCCOc1nc(N)nc(NCC(C)(C)C)n1. The first-order chi connectivity index (χ1) is 7.90. The lowest BCUT2D eigenvalue weighted by atomic mass is 9.97. The van der Waals surface area contributed by atoms with Crippen LogP contribution in [0.3, 0.4) is 0 Å². The zero-order valence-electron chi connectivity index (χ0n) is 10.9. The van der Waals surface area contributed by atoms with E-state index in [1.54, 1.807) is 0 Å². The van der Waals surface area contributed by atoms with Gasteiger partial charge in [0.2, 0.25) is 11.9 Å². The van der Waals surface area contributed by atoms with Crippen molar-refractivity contribution in [2.24, 2.45) is 5.41 Å². The Bertz CT molecular complexity index is 361. The van der Waals surface area contributed by atoms with Gasteiger partial charge in [0, 0.05) is 6.54 Å². The van der Waals surface area contributed by atoms with Crippen LogP contribution in [-0.4, -0.2) is 28.1 Å². The summed E-state index contributed by atoms with van der Waals surface area (Å²) in [6.07, 6.45) is 0.899. The molecule has 3 N–H and O–H groups in total. The van der Waals surface area contributed by atoms with Crippen molar-refractivity contribution in [3.05, 3.63) is 0 Å². The first kappa shape index (κ1) is 13.5. The number of nitrogens with one attached hydrogen (secondary N) is 1. The molecule has 0 unspecified atom stereocenters. The maximum atomic E-state index is 5.59. The van der Waals surface area contributed by atoms with Gasteiger partial charge in [-0.05, 0) is 11.8 Å². The van der Waals surface area contributed by atoms with Gasteiger partial charge in [0.05, 0.1) is 6.61 Å². The van der Waals surface area contributed by atoms with E-state index in [-0.39, 0.29) is 17.4 Å². The molecular formula is C11H21N5O. The summed E-state index contributed by atoms with van der Waals surface area (Å²) in [4.78, 5) is 12.1. The number of anilines is 2. The number of nitrogens with zero attached hydrogens (tertiary/aromatic N) is 3. The fourth-order valence-electron chi connectivity index (χ4n) is 1.05. The minimum atomic E-state index is 0.145. The van der Waals surface area contributed by atoms with Crippen molar-refractivity contribution < 1.29 is 4.74 Å². The fraction of sp³-hybridized carbons (Fsp3) is 0.727. The molecule has 6 heteroatoms. The third-order valence-electron chi connectivity index (χ3n) is 1.84. The highest BCUT2D eigenvalue weighted by Gasteiger charge is 2.11. The summed E-state index contributed by atoms with van der Waals surface area (Å²) in [5.41, 5.74) is 5.73. The van der Waals surface area contributed by atoms with Gasteiger partial charge in [-0.2, -0.15) is 15.0 Å². The Labute approximate surface area is 102 Å². The number of hydrogen-bond acceptors (Lipinski definition) is 6. The first-order valence-electron chi connectivity index (χ1n) is 5.79. The molecule has 1 aromatic heterocycles. The van der Waals surface area contributed by atoms with Gasteiger partial charge in [-0.25, -0.2) is 0 Å². The van der Waals surface area contributed by atoms with Crippen molar-refractivity contribution in [1.29, 1.82) is 0 Å². The maximum absolute atomic E-state index is 5.59. The number of ether oxygens (including phenoxy) is 1. The van der Waals surface area contributed by atoms with Gasteiger partial charge in [0.1, 0.15) is 0 Å². The summed E-state index contributed by atoms with van der Waals surface area (Å²) in [6.45, 7) is 9.71. The molecule has 0 radical (unpaired) electrons. The average Bonchev–Trinajstić information content (AvgIpc) is 2.22. The predicted molar refractivity (Wildman–Crippen MR) is 68.0 cm³/mol. The third kappa shape index (κ3) is 5.33. The number of aromatic nitrogens is 3. The molecule has 0 saturated heterocycles. The van der Waals surface area contributed by atoms with Gasteiger partial charge in [0.25, 0.3) is 0 Å². The standard InChI is InChI=1S/C11H21N5O/c1-5-6-17-10-15-8(12)14-9(16-10)13-7-11(2,3)4/h5-7H2,1-4H3,(H3,12,13,14,15,16). The lowest BCUT2D eigenvalue weighted by Crippen LogP contribution is -2.21. The molecule has 17 heavy (non-hydrogen) atoms. The van der Waals surface area contributed by atoms with Crippen LogP contribution in [0.5, 0.6) is 6.01 Å². The van der Waals surface area contributed by atoms with Crippen LogP contribution in [0.25, 0.3) is 0 Å². The van der Waals surface area contributed by atoms with Crippen LogP contribution in [0.15, 0.2) is 0 Å². The quantitative estimate of drug-likeness (QED) is 0.813. The molecule has 0 aliphatic carbocycles. The Hall–Kier alpha value is -1.59. The highest BCUT2D eigenvalue weighted by Crippen LogP contribution is 2.15. The van der Waals surface area contributed by atoms with Gasteiger partial charge in [-0.1, -0.05) is 27.7 Å². The predicted octanol–water partition coefficient (Wildman–Crippen LogP) is 1.70. The second kappa shape index (κ2) is 5.65. The average molecular weight is 239 g/mol. The van der Waals surface area contributed by atoms with E-state index in [4.69, 9.17) is 10.5 Å². The molecule has 1 aromatic rings. The largest absolute Gasteiger partial charge is 0.463 e. The Morgan fingerprint density at radius 2 is 1.94 bits per heavy atom. The molecule has 0 bridgehead atoms. The molecule has 96 valence electrons. The highest BCUT2D eigenvalue weighted by atomic mass is 16.5. The summed E-state index contributed by atoms with van der Waals surface area (Å²) < 4.78 is 5.33. The molecule has 0 atom stereocenters. The molecular weight excluding hydrogens is 218 g/mol. The van der Waals surface area contributed by atoms with Crippen LogP contribution < -0.4 is 15.8 Å². The first-order valence-corrected chi connectivity index (χ1v) is 5.79. The number of hydrogen-bond donors (Lipinski definition) is 2. The minimum Gasteiger partial charge on any atom is -0.463 e. The molecule has 6 nitrogen and oxygen atoms in total. The summed E-state index contributed by atoms with van der Waals surface area (Å²) in [7, 11) is 0. The zero-order chi connectivity index (χ0) is 12.9. The molecule has 0 spiro atoms. The van der Waals surface area contributed by atoms with Gasteiger partial charge in [0.15, 0.2) is 0 Å². The van der Waals surface area contributed by atoms with E-state index < -0.39 is 0 Å². The van der Waals surface area contributed by atoms with Crippen molar-refractivity contribution in [3.63, 3.8) is 0 Å². The maximum Gasteiger partial charge on any atom is 0.323 e. The van der Waals surface area contributed by atoms with Gasteiger partial charge < -0.3 is 15.8 Å². The highest BCUT2D eigenvalue weighted by molar-refractivity contribution is 5.32. The number of nitrogen functional groups attached to an aromatic ring is 1. The van der Waals surface area contributed by atoms with Crippen molar-refractivity contribution in [2.75, 3.05) is 24.2 Å². The molecule has 0 aromatic carbocycles.